The van der Waals surface area contributed by atoms with Crippen molar-refractivity contribution < 1.29 is 19.8 Å². The third-order valence-electron chi connectivity index (χ3n) is 7.39. The summed E-state index contributed by atoms with van der Waals surface area (Å²) in [5, 5.41) is 33.1. The van der Waals surface area contributed by atoms with Crippen LogP contribution < -0.4 is 4.90 Å². The number of aromatic nitrogens is 4. The van der Waals surface area contributed by atoms with E-state index >= 15 is 0 Å². The van der Waals surface area contributed by atoms with Crippen LogP contribution in [0, 0.1) is 6.92 Å². The molecule has 11 heteroatoms. The number of aliphatic hydroxyl groups is 1. The normalized spacial score (nSPS) is 16.5. The van der Waals surface area contributed by atoms with E-state index in [1.54, 1.807) is 41.8 Å². The Bertz CT molecular complexity index is 2100. The number of thioether (sulfide) groups is 1. The van der Waals surface area contributed by atoms with E-state index in [0.29, 0.717) is 32.7 Å². The number of aromatic hydroxyl groups is 1. The van der Waals surface area contributed by atoms with E-state index in [1.165, 1.54) is 40.1 Å². The lowest BCUT2D eigenvalue weighted by atomic mass is 9.96. The second-order valence-electron chi connectivity index (χ2n) is 10.0. The summed E-state index contributed by atoms with van der Waals surface area (Å²) in [5.74, 6) is -1.48. The number of hydrogen-bond acceptors (Lipinski definition) is 9. The summed E-state index contributed by atoms with van der Waals surface area (Å²) in [5.41, 5.74) is 2.84. The molecule has 1 aliphatic rings. The predicted octanol–water partition coefficient (Wildman–Crippen LogP) is 6.27. The standard InChI is InChI=1S/C32H23N5O4S2/c1-18-26(36-15-5-4-14-24(36)33-18)28(39)25-27(20-10-7-12-22(38)16-20)37(30(41)29(25)40)31-34-35-32(43-31)42-17-21-11-6-9-19-8-2-3-13-23(19)21/h2-16,27,38-39H,17H2,1H3/b28-25+. The maximum absolute atomic E-state index is 13.6. The molecule has 2 N–H and O–H groups in total. The van der Waals surface area contributed by atoms with Crippen molar-refractivity contribution in [3.63, 3.8) is 0 Å². The number of amides is 1. The molecule has 3 aromatic heterocycles. The van der Waals surface area contributed by atoms with Crippen LogP contribution in [-0.4, -0.2) is 41.5 Å². The molecule has 212 valence electrons. The van der Waals surface area contributed by atoms with E-state index in [4.69, 9.17) is 0 Å². The molecule has 1 saturated heterocycles. The number of phenolic OH excluding ortho intramolecular Hbond substituents is 1. The highest BCUT2D eigenvalue weighted by Crippen LogP contribution is 2.45. The highest BCUT2D eigenvalue weighted by atomic mass is 32.2. The summed E-state index contributed by atoms with van der Waals surface area (Å²) in [6.45, 7) is 1.73. The van der Waals surface area contributed by atoms with Gasteiger partial charge >= 0.3 is 5.91 Å². The van der Waals surface area contributed by atoms with Crippen molar-refractivity contribution in [1.29, 1.82) is 0 Å². The first-order valence-electron chi connectivity index (χ1n) is 13.4. The highest BCUT2D eigenvalue weighted by molar-refractivity contribution is 8.00. The molecule has 1 amide bonds. The van der Waals surface area contributed by atoms with Crippen LogP contribution in [0.25, 0.3) is 22.2 Å². The largest absolute Gasteiger partial charge is 0.508 e. The predicted molar refractivity (Wildman–Crippen MR) is 166 cm³/mol. The SMILES string of the molecule is Cc1nc2ccccn2c1/C(O)=C1\C(=O)C(=O)N(c2nnc(SCc3cccc4ccccc34)s2)C1c1cccc(O)c1. The van der Waals surface area contributed by atoms with Crippen LogP contribution in [-0.2, 0) is 15.3 Å². The van der Waals surface area contributed by atoms with E-state index in [9.17, 15) is 19.8 Å². The molecule has 0 aliphatic carbocycles. The van der Waals surface area contributed by atoms with Gasteiger partial charge in [0.05, 0.1) is 17.3 Å². The second kappa shape index (κ2) is 10.7. The van der Waals surface area contributed by atoms with Gasteiger partial charge in [0.15, 0.2) is 10.1 Å². The smallest absolute Gasteiger partial charge is 0.301 e. The van der Waals surface area contributed by atoms with Gasteiger partial charge in [0.25, 0.3) is 5.78 Å². The first-order chi connectivity index (χ1) is 20.9. The van der Waals surface area contributed by atoms with Crippen molar-refractivity contribution >= 4 is 62.1 Å². The quantitative estimate of drug-likeness (QED) is 0.0749. The maximum atomic E-state index is 13.6. The summed E-state index contributed by atoms with van der Waals surface area (Å²) in [7, 11) is 0. The molecule has 4 heterocycles. The number of pyridine rings is 1. The molecule has 7 rings (SSSR count). The van der Waals surface area contributed by atoms with Crippen LogP contribution in [0.5, 0.6) is 5.75 Å². The number of hydrogen-bond donors (Lipinski definition) is 2. The van der Waals surface area contributed by atoms with Crippen LogP contribution in [0.15, 0.2) is 101 Å². The Morgan fingerprint density at radius 1 is 0.977 bits per heavy atom. The Morgan fingerprint density at radius 2 is 1.77 bits per heavy atom. The molecular weight excluding hydrogens is 583 g/mol. The van der Waals surface area contributed by atoms with E-state index in [2.05, 4.69) is 39.4 Å². The minimum absolute atomic E-state index is 0.0438. The van der Waals surface area contributed by atoms with Gasteiger partial charge in [0, 0.05) is 11.9 Å². The van der Waals surface area contributed by atoms with Gasteiger partial charge in [0.1, 0.15) is 17.1 Å². The number of rotatable bonds is 6. The van der Waals surface area contributed by atoms with Crippen molar-refractivity contribution in [1.82, 2.24) is 19.6 Å². The molecule has 9 nitrogen and oxygen atoms in total. The van der Waals surface area contributed by atoms with Crippen molar-refractivity contribution in [3.8, 4) is 5.75 Å². The van der Waals surface area contributed by atoms with Gasteiger partial charge in [-0.05, 0) is 53.1 Å². The van der Waals surface area contributed by atoms with Crippen molar-refractivity contribution in [2.24, 2.45) is 0 Å². The first-order valence-corrected chi connectivity index (χ1v) is 15.2. The zero-order valence-electron chi connectivity index (χ0n) is 22.7. The number of carbonyl (C=O) groups is 2. The third kappa shape index (κ3) is 4.62. The monoisotopic (exact) mass is 605 g/mol. The average molecular weight is 606 g/mol. The summed E-state index contributed by atoms with van der Waals surface area (Å²) in [4.78, 5) is 33.0. The third-order valence-corrected chi connectivity index (χ3v) is 9.50. The minimum atomic E-state index is -1.05. The highest BCUT2D eigenvalue weighted by Gasteiger charge is 2.49. The summed E-state index contributed by atoms with van der Waals surface area (Å²) in [6, 6.07) is 24.9. The van der Waals surface area contributed by atoms with Crippen LogP contribution in [0.2, 0.25) is 0 Å². The number of ketones is 1. The number of benzene rings is 3. The summed E-state index contributed by atoms with van der Waals surface area (Å²) in [6.07, 6.45) is 1.73. The lowest BCUT2D eigenvalue weighted by Crippen LogP contribution is -2.29. The first kappa shape index (κ1) is 26.9. The minimum Gasteiger partial charge on any atom is -0.508 e. The average Bonchev–Trinajstić information content (AvgIpc) is 3.69. The maximum Gasteiger partial charge on any atom is 0.301 e. The molecular formula is C32H23N5O4S2. The molecule has 0 radical (unpaired) electrons. The number of aryl methyl sites for hydroxylation is 1. The summed E-state index contributed by atoms with van der Waals surface area (Å²) >= 11 is 2.68. The van der Waals surface area contributed by atoms with Gasteiger partial charge in [0.2, 0.25) is 5.13 Å². The van der Waals surface area contributed by atoms with Gasteiger partial charge in [-0.2, -0.15) is 0 Å². The molecule has 6 aromatic rings. The number of fused-ring (bicyclic) bond motifs is 2. The van der Waals surface area contributed by atoms with E-state index in [1.807, 2.05) is 24.3 Å². The van der Waals surface area contributed by atoms with Gasteiger partial charge in [-0.15, -0.1) is 10.2 Å². The molecule has 1 atom stereocenters. The Balaban J connectivity index is 1.29. The van der Waals surface area contributed by atoms with Gasteiger partial charge < -0.3 is 10.2 Å². The fourth-order valence-electron chi connectivity index (χ4n) is 5.48. The van der Waals surface area contributed by atoms with Gasteiger partial charge in [-0.3, -0.25) is 18.9 Å². The fraction of sp³-hybridized carbons (Fsp3) is 0.0938. The van der Waals surface area contributed by atoms with Crippen molar-refractivity contribution in [2.45, 2.75) is 23.1 Å². The Kier molecular flexibility index (Phi) is 6.68. The Labute approximate surface area is 253 Å². The molecule has 1 unspecified atom stereocenters. The molecule has 3 aromatic carbocycles. The number of anilines is 1. The second-order valence-corrected chi connectivity index (χ2v) is 12.2. The lowest BCUT2D eigenvalue weighted by Gasteiger charge is -2.22. The molecule has 1 fully saturated rings. The number of Topliss-reactive ketones (excluding diaryl/α,β-unsaturated/α-hetero) is 1. The molecule has 0 saturated carbocycles. The van der Waals surface area contributed by atoms with Crippen LogP contribution >= 0.6 is 23.1 Å². The van der Waals surface area contributed by atoms with Gasteiger partial charge in [-0.25, -0.2) is 4.98 Å². The Hall–Kier alpha value is -5.00. The number of nitrogens with zero attached hydrogens (tertiary/aromatic N) is 5. The van der Waals surface area contributed by atoms with Crippen LogP contribution in [0.3, 0.4) is 0 Å². The zero-order valence-corrected chi connectivity index (χ0v) is 24.3. The van der Waals surface area contributed by atoms with Crippen molar-refractivity contribution in [3.05, 3.63) is 119 Å². The molecule has 1 aliphatic heterocycles. The molecule has 43 heavy (non-hydrogen) atoms. The topological polar surface area (TPSA) is 121 Å². The molecule has 0 spiro atoms. The van der Waals surface area contributed by atoms with E-state index in [-0.39, 0.29) is 22.2 Å². The fourth-order valence-corrected chi connectivity index (χ4v) is 7.35. The van der Waals surface area contributed by atoms with Crippen molar-refractivity contribution in [2.75, 3.05) is 4.90 Å². The molecule has 0 bridgehead atoms. The number of carbonyl (C=O) groups excluding carboxylic acids is 2. The van der Waals surface area contributed by atoms with Crippen LogP contribution in [0.4, 0.5) is 5.13 Å². The van der Waals surface area contributed by atoms with Gasteiger partial charge in [-0.1, -0.05) is 83.8 Å². The lowest BCUT2D eigenvalue weighted by molar-refractivity contribution is -0.132. The van der Waals surface area contributed by atoms with Crippen LogP contribution in [0.1, 0.15) is 28.6 Å². The van der Waals surface area contributed by atoms with E-state index < -0.39 is 17.7 Å². The summed E-state index contributed by atoms with van der Waals surface area (Å²) < 4.78 is 2.29. The number of imidazole rings is 1. The Morgan fingerprint density at radius 3 is 2.63 bits per heavy atom. The zero-order chi connectivity index (χ0) is 29.7. The number of aliphatic hydroxyl groups excluding tert-OH is 1. The number of phenols is 1. The van der Waals surface area contributed by atoms with E-state index in [0.717, 1.165) is 16.3 Å².